The molecule has 0 N–H and O–H groups in total. The number of rotatable bonds is 6. The molecule has 2 atom stereocenters. The third-order valence-corrected chi connectivity index (χ3v) is 4.95. The first-order valence-corrected chi connectivity index (χ1v) is 8.04. The standard InChI is InChI=1S/C18H18Cl2O2/c1-21-11-12-22-15-9-7-14(8-10-15)17-16(18(17,19)20)13-5-3-2-4-6-13/h2-10,16-17H,11-12H2,1H3. The van der Waals surface area contributed by atoms with E-state index < -0.39 is 4.33 Å². The molecule has 22 heavy (non-hydrogen) atoms. The highest BCUT2D eigenvalue weighted by Gasteiger charge is 2.64. The minimum absolute atomic E-state index is 0.117. The van der Waals surface area contributed by atoms with Crippen molar-refractivity contribution in [1.82, 2.24) is 0 Å². The first kappa shape index (κ1) is 15.7. The van der Waals surface area contributed by atoms with Crippen molar-refractivity contribution in [2.75, 3.05) is 20.3 Å². The number of hydrogen-bond donors (Lipinski definition) is 0. The molecule has 1 saturated carbocycles. The fourth-order valence-electron chi connectivity index (χ4n) is 2.83. The van der Waals surface area contributed by atoms with Gasteiger partial charge in [-0.05, 0) is 23.3 Å². The first-order valence-electron chi connectivity index (χ1n) is 7.29. The van der Waals surface area contributed by atoms with E-state index >= 15 is 0 Å². The zero-order valence-corrected chi connectivity index (χ0v) is 13.8. The van der Waals surface area contributed by atoms with Crippen LogP contribution in [0.1, 0.15) is 23.0 Å². The summed E-state index contributed by atoms with van der Waals surface area (Å²) in [5, 5.41) is 0. The Morgan fingerprint density at radius 2 is 1.45 bits per heavy atom. The molecule has 2 unspecified atom stereocenters. The first-order chi connectivity index (χ1) is 10.6. The second-order valence-corrected chi connectivity index (χ2v) is 6.90. The third-order valence-electron chi connectivity index (χ3n) is 4.01. The molecule has 2 nitrogen and oxygen atoms in total. The summed E-state index contributed by atoms with van der Waals surface area (Å²) in [6, 6.07) is 18.2. The van der Waals surface area contributed by atoms with Gasteiger partial charge < -0.3 is 9.47 Å². The van der Waals surface area contributed by atoms with Crippen molar-refractivity contribution in [3.05, 3.63) is 65.7 Å². The predicted octanol–water partition coefficient (Wildman–Crippen LogP) is 4.77. The Labute approximate surface area is 141 Å². The second-order valence-electron chi connectivity index (χ2n) is 5.45. The highest BCUT2D eigenvalue weighted by Crippen LogP contribution is 2.70. The van der Waals surface area contributed by atoms with Gasteiger partial charge in [-0.25, -0.2) is 0 Å². The molecular weight excluding hydrogens is 319 g/mol. The van der Waals surface area contributed by atoms with Gasteiger partial charge in [-0.3, -0.25) is 0 Å². The number of halogens is 2. The third kappa shape index (κ3) is 3.10. The van der Waals surface area contributed by atoms with Gasteiger partial charge in [-0.2, -0.15) is 0 Å². The summed E-state index contributed by atoms with van der Waals surface area (Å²) in [4.78, 5) is 0. The van der Waals surface area contributed by atoms with Gasteiger partial charge in [0.25, 0.3) is 0 Å². The Bertz CT molecular complexity index is 611. The van der Waals surface area contributed by atoms with Crippen molar-refractivity contribution in [3.63, 3.8) is 0 Å². The van der Waals surface area contributed by atoms with E-state index in [1.54, 1.807) is 7.11 Å². The lowest BCUT2D eigenvalue weighted by Crippen LogP contribution is -2.04. The predicted molar refractivity (Wildman–Crippen MR) is 90.2 cm³/mol. The van der Waals surface area contributed by atoms with Crippen molar-refractivity contribution >= 4 is 23.2 Å². The summed E-state index contributed by atoms with van der Waals surface area (Å²) in [5.74, 6) is 1.08. The van der Waals surface area contributed by atoms with Crippen molar-refractivity contribution in [1.29, 1.82) is 0 Å². The fraction of sp³-hybridized carbons (Fsp3) is 0.333. The summed E-state index contributed by atoms with van der Waals surface area (Å²) >= 11 is 13.0. The zero-order chi connectivity index (χ0) is 15.6. The largest absolute Gasteiger partial charge is 0.491 e. The molecule has 0 bridgehead atoms. The lowest BCUT2D eigenvalue weighted by atomic mass is 10.0. The summed E-state index contributed by atoms with van der Waals surface area (Å²) in [6.45, 7) is 1.12. The van der Waals surface area contributed by atoms with E-state index in [-0.39, 0.29) is 11.8 Å². The molecule has 0 saturated heterocycles. The highest BCUT2D eigenvalue weighted by molar-refractivity contribution is 6.52. The molecule has 0 heterocycles. The van der Waals surface area contributed by atoms with E-state index in [0.29, 0.717) is 13.2 Å². The van der Waals surface area contributed by atoms with Crippen LogP contribution in [0.5, 0.6) is 5.75 Å². The average molecular weight is 337 g/mol. The van der Waals surface area contributed by atoms with Crippen LogP contribution in [0.2, 0.25) is 0 Å². The molecule has 4 heteroatoms. The Balaban J connectivity index is 1.72. The summed E-state index contributed by atoms with van der Waals surface area (Å²) in [5.41, 5.74) is 2.32. The molecule has 1 aliphatic carbocycles. The van der Waals surface area contributed by atoms with Gasteiger partial charge in [0, 0.05) is 18.9 Å². The van der Waals surface area contributed by atoms with Crippen LogP contribution in [-0.2, 0) is 4.74 Å². The second kappa shape index (κ2) is 6.49. The SMILES string of the molecule is COCCOc1ccc(C2C(c3ccccc3)C2(Cl)Cl)cc1. The van der Waals surface area contributed by atoms with Crippen LogP contribution >= 0.6 is 23.2 Å². The van der Waals surface area contributed by atoms with E-state index in [0.717, 1.165) is 11.3 Å². The zero-order valence-electron chi connectivity index (χ0n) is 12.3. The number of benzene rings is 2. The molecule has 0 aromatic heterocycles. The summed E-state index contributed by atoms with van der Waals surface area (Å²) in [7, 11) is 1.66. The summed E-state index contributed by atoms with van der Waals surface area (Å²) < 4.78 is 9.80. The topological polar surface area (TPSA) is 18.5 Å². The molecule has 0 amide bonds. The molecule has 1 fully saturated rings. The van der Waals surface area contributed by atoms with Crippen molar-refractivity contribution < 1.29 is 9.47 Å². The number of alkyl halides is 2. The van der Waals surface area contributed by atoms with Crippen molar-refractivity contribution in [3.8, 4) is 5.75 Å². The Hall–Kier alpha value is -1.22. The van der Waals surface area contributed by atoms with E-state index in [1.807, 2.05) is 42.5 Å². The molecule has 116 valence electrons. The number of ether oxygens (including phenoxy) is 2. The van der Waals surface area contributed by atoms with Crippen molar-refractivity contribution in [2.24, 2.45) is 0 Å². The van der Waals surface area contributed by atoms with Crippen LogP contribution in [0.3, 0.4) is 0 Å². The van der Waals surface area contributed by atoms with Gasteiger partial charge in [0.15, 0.2) is 0 Å². The van der Waals surface area contributed by atoms with E-state index in [2.05, 4.69) is 12.1 Å². The van der Waals surface area contributed by atoms with E-state index in [1.165, 1.54) is 5.56 Å². The van der Waals surface area contributed by atoms with Crippen LogP contribution < -0.4 is 4.74 Å². The number of methoxy groups -OCH3 is 1. The maximum atomic E-state index is 6.50. The van der Waals surface area contributed by atoms with E-state index in [4.69, 9.17) is 32.7 Å². The van der Waals surface area contributed by atoms with Gasteiger partial charge in [0.2, 0.25) is 0 Å². The Morgan fingerprint density at radius 1 is 0.864 bits per heavy atom. The molecule has 2 aromatic carbocycles. The molecule has 0 spiro atoms. The smallest absolute Gasteiger partial charge is 0.133 e. The monoisotopic (exact) mass is 336 g/mol. The molecule has 1 aliphatic rings. The molecule has 0 radical (unpaired) electrons. The normalized spacial score (nSPS) is 22.3. The Kier molecular flexibility index (Phi) is 4.62. The average Bonchev–Trinajstić information content (AvgIpc) is 3.11. The summed E-state index contributed by atoms with van der Waals surface area (Å²) in [6.07, 6.45) is 0. The minimum Gasteiger partial charge on any atom is -0.491 e. The quantitative estimate of drug-likeness (QED) is 0.559. The van der Waals surface area contributed by atoms with Crippen LogP contribution in [0, 0.1) is 0 Å². The maximum absolute atomic E-state index is 6.50. The van der Waals surface area contributed by atoms with Gasteiger partial charge in [-0.1, -0.05) is 42.5 Å². The van der Waals surface area contributed by atoms with Gasteiger partial charge in [0.05, 0.1) is 6.61 Å². The van der Waals surface area contributed by atoms with Crippen LogP contribution in [0.15, 0.2) is 54.6 Å². The highest BCUT2D eigenvalue weighted by atomic mass is 35.5. The molecular formula is C18H18Cl2O2. The van der Waals surface area contributed by atoms with Gasteiger partial charge in [-0.15, -0.1) is 23.2 Å². The minimum atomic E-state index is -0.736. The van der Waals surface area contributed by atoms with Crippen molar-refractivity contribution in [2.45, 2.75) is 16.2 Å². The molecule has 0 aliphatic heterocycles. The fourth-order valence-corrected chi connectivity index (χ4v) is 3.71. The van der Waals surface area contributed by atoms with Crippen LogP contribution in [0.4, 0.5) is 0 Å². The molecule has 3 rings (SSSR count). The Morgan fingerprint density at radius 3 is 2.05 bits per heavy atom. The van der Waals surface area contributed by atoms with Gasteiger partial charge in [0.1, 0.15) is 16.7 Å². The lowest BCUT2D eigenvalue weighted by molar-refractivity contribution is 0.146. The maximum Gasteiger partial charge on any atom is 0.133 e. The lowest BCUT2D eigenvalue weighted by Gasteiger charge is -2.06. The van der Waals surface area contributed by atoms with E-state index in [9.17, 15) is 0 Å². The van der Waals surface area contributed by atoms with Crippen LogP contribution in [0.25, 0.3) is 0 Å². The number of hydrogen-bond acceptors (Lipinski definition) is 2. The molecule has 2 aromatic rings. The van der Waals surface area contributed by atoms with Gasteiger partial charge >= 0.3 is 0 Å². The van der Waals surface area contributed by atoms with Crippen LogP contribution in [-0.4, -0.2) is 24.7 Å².